The topological polar surface area (TPSA) is 112 Å². The van der Waals surface area contributed by atoms with Crippen LogP contribution in [0.3, 0.4) is 0 Å². The summed E-state index contributed by atoms with van der Waals surface area (Å²) in [5.74, 6) is 2.68. The first kappa shape index (κ1) is 31.4. The molecule has 0 bridgehead atoms. The number of methoxy groups -OCH3 is 1. The summed E-state index contributed by atoms with van der Waals surface area (Å²) in [7, 11) is 1.61. The van der Waals surface area contributed by atoms with Crippen LogP contribution in [0.25, 0.3) is 43.6 Å². The molecule has 0 saturated carbocycles. The lowest BCUT2D eigenvalue weighted by molar-refractivity contribution is 0.0271. The molecule has 7 rings (SSSR count). The number of hydrogen-bond donors (Lipinski definition) is 4. The molecule has 0 unspecified atom stereocenters. The van der Waals surface area contributed by atoms with E-state index in [4.69, 9.17) is 18.9 Å². The minimum atomic E-state index is -0.829. The predicted molar refractivity (Wildman–Crippen MR) is 190 cm³/mol. The SMILES string of the molecule is COc1ccccc1OCCN(C[C@H](O)COc1cccc2[nH]c3ccccc3c12)C[C@H](O)COc1cccc2[nH]c3ccccc3c12. The van der Waals surface area contributed by atoms with Crippen LogP contribution in [0.15, 0.2) is 109 Å². The second-order valence-electron chi connectivity index (χ2n) is 11.9. The van der Waals surface area contributed by atoms with Gasteiger partial charge in [-0.05, 0) is 48.5 Å². The zero-order chi connectivity index (χ0) is 32.9. The number of para-hydroxylation sites is 4. The maximum atomic E-state index is 11.2. The van der Waals surface area contributed by atoms with Crippen molar-refractivity contribution in [3.8, 4) is 23.0 Å². The van der Waals surface area contributed by atoms with Crippen molar-refractivity contribution >= 4 is 43.6 Å². The molecule has 9 nitrogen and oxygen atoms in total. The molecule has 0 spiro atoms. The van der Waals surface area contributed by atoms with Crippen LogP contribution in [0.5, 0.6) is 23.0 Å². The zero-order valence-corrected chi connectivity index (χ0v) is 26.8. The van der Waals surface area contributed by atoms with Crippen LogP contribution < -0.4 is 18.9 Å². The summed E-state index contributed by atoms with van der Waals surface area (Å²) in [6.45, 7) is 1.45. The second-order valence-corrected chi connectivity index (χ2v) is 11.9. The average Bonchev–Trinajstić information content (AvgIpc) is 3.69. The number of aromatic nitrogens is 2. The summed E-state index contributed by atoms with van der Waals surface area (Å²) in [6, 6.07) is 35.4. The van der Waals surface area contributed by atoms with E-state index in [2.05, 4.69) is 22.1 Å². The fourth-order valence-corrected chi connectivity index (χ4v) is 6.33. The first-order chi connectivity index (χ1) is 23.6. The monoisotopic (exact) mass is 645 g/mol. The molecule has 9 heteroatoms. The van der Waals surface area contributed by atoms with Gasteiger partial charge in [-0.15, -0.1) is 0 Å². The van der Waals surface area contributed by atoms with Crippen molar-refractivity contribution in [1.82, 2.24) is 14.9 Å². The number of aliphatic hydroxyl groups excluding tert-OH is 2. The van der Waals surface area contributed by atoms with Crippen molar-refractivity contribution in [2.45, 2.75) is 12.2 Å². The lowest BCUT2D eigenvalue weighted by Gasteiger charge is -2.27. The van der Waals surface area contributed by atoms with Gasteiger partial charge in [0.2, 0.25) is 0 Å². The smallest absolute Gasteiger partial charge is 0.161 e. The molecule has 246 valence electrons. The number of ether oxygens (including phenoxy) is 4. The summed E-state index contributed by atoms with van der Waals surface area (Å²) in [6.07, 6.45) is -1.66. The van der Waals surface area contributed by atoms with Gasteiger partial charge in [0.1, 0.15) is 43.5 Å². The Balaban J connectivity index is 1.02. The minimum Gasteiger partial charge on any atom is -0.493 e. The van der Waals surface area contributed by atoms with Crippen molar-refractivity contribution in [1.29, 1.82) is 0 Å². The number of hydrogen-bond acceptors (Lipinski definition) is 7. The van der Waals surface area contributed by atoms with Gasteiger partial charge in [0, 0.05) is 52.2 Å². The molecule has 4 N–H and O–H groups in total. The molecule has 0 amide bonds. The first-order valence-electron chi connectivity index (χ1n) is 16.2. The van der Waals surface area contributed by atoms with Crippen molar-refractivity contribution in [3.05, 3.63) is 109 Å². The van der Waals surface area contributed by atoms with E-state index in [-0.39, 0.29) is 26.3 Å². The molecule has 48 heavy (non-hydrogen) atoms. The highest BCUT2D eigenvalue weighted by Crippen LogP contribution is 2.34. The Kier molecular flexibility index (Phi) is 9.33. The molecule has 2 aromatic heterocycles. The first-order valence-corrected chi connectivity index (χ1v) is 16.2. The largest absolute Gasteiger partial charge is 0.493 e. The van der Waals surface area contributed by atoms with Crippen LogP contribution in [0.1, 0.15) is 0 Å². The van der Waals surface area contributed by atoms with Crippen LogP contribution in [0.4, 0.5) is 0 Å². The molecule has 2 heterocycles. The second kappa shape index (κ2) is 14.3. The summed E-state index contributed by atoms with van der Waals surface area (Å²) in [5.41, 5.74) is 4.01. The Labute approximate surface area is 278 Å². The van der Waals surface area contributed by atoms with Crippen LogP contribution in [0.2, 0.25) is 0 Å². The number of nitrogens with one attached hydrogen (secondary N) is 2. The van der Waals surface area contributed by atoms with Crippen molar-refractivity contribution < 1.29 is 29.2 Å². The third-order valence-electron chi connectivity index (χ3n) is 8.52. The van der Waals surface area contributed by atoms with Gasteiger partial charge in [-0.25, -0.2) is 0 Å². The number of rotatable bonds is 15. The number of H-pyrrole nitrogens is 2. The molecule has 7 aromatic rings. The number of benzene rings is 5. The normalized spacial score (nSPS) is 13.0. The maximum absolute atomic E-state index is 11.2. The van der Waals surface area contributed by atoms with Crippen molar-refractivity contribution in [2.24, 2.45) is 0 Å². The summed E-state index contributed by atoms with van der Waals surface area (Å²) >= 11 is 0. The van der Waals surface area contributed by atoms with Gasteiger partial charge in [-0.2, -0.15) is 0 Å². The third-order valence-corrected chi connectivity index (χ3v) is 8.52. The fraction of sp³-hybridized carbons (Fsp3) is 0.231. The van der Waals surface area contributed by atoms with Crippen LogP contribution in [-0.4, -0.2) is 83.9 Å². The van der Waals surface area contributed by atoms with E-state index in [9.17, 15) is 10.2 Å². The highest BCUT2D eigenvalue weighted by molar-refractivity contribution is 6.11. The van der Waals surface area contributed by atoms with E-state index in [0.717, 1.165) is 43.6 Å². The summed E-state index contributed by atoms with van der Waals surface area (Å²) in [5, 5.41) is 26.5. The van der Waals surface area contributed by atoms with Gasteiger partial charge >= 0.3 is 0 Å². The number of nitrogens with zero attached hydrogens (tertiary/aromatic N) is 1. The van der Waals surface area contributed by atoms with Gasteiger partial charge in [0.15, 0.2) is 11.5 Å². The highest BCUT2D eigenvalue weighted by Gasteiger charge is 2.19. The predicted octanol–water partition coefficient (Wildman–Crippen LogP) is 6.52. The lowest BCUT2D eigenvalue weighted by atomic mass is 10.1. The van der Waals surface area contributed by atoms with Crippen LogP contribution in [0, 0.1) is 0 Å². The molecule has 0 fully saturated rings. The van der Waals surface area contributed by atoms with E-state index in [1.54, 1.807) is 7.11 Å². The number of aromatic amines is 2. The van der Waals surface area contributed by atoms with Crippen molar-refractivity contribution in [3.63, 3.8) is 0 Å². The number of aliphatic hydroxyl groups is 2. The fourth-order valence-electron chi connectivity index (χ4n) is 6.33. The van der Waals surface area contributed by atoms with E-state index in [1.807, 2.05) is 102 Å². The van der Waals surface area contributed by atoms with E-state index >= 15 is 0 Å². The Morgan fingerprint density at radius 3 is 1.54 bits per heavy atom. The number of fused-ring (bicyclic) bond motifs is 6. The Bertz CT molecular complexity index is 2010. The Hall–Kier alpha value is -5.22. The maximum Gasteiger partial charge on any atom is 0.161 e. The molecule has 2 atom stereocenters. The third kappa shape index (κ3) is 6.75. The Morgan fingerprint density at radius 1 is 0.542 bits per heavy atom. The zero-order valence-electron chi connectivity index (χ0n) is 26.8. The molecule has 0 radical (unpaired) electrons. The molecular formula is C39H39N3O6. The molecule has 0 aliphatic rings. The van der Waals surface area contributed by atoms with Gasteiger partial charge < -0.3 is 39.1 Å². The van der Waals surface area contributed by atoms with Gasteiger partial charge in [-0.1, -0.05) is 60.7 Å². The van der Waals surface area contributed by atoms with Gasteiger partial charge in [-0.3, -0.25) is 4.90 Å². The van der Waals surface area contributed by atoms with Gasteiger partial charge in [0.25, 0.3) is 0 Å². The minimum absolute atomic E-state index is 0.0810. The van der Waals surface area contributed by atoms with Gasteiger partial charge in [0.05, 0.1) is 18.1 Å². The molecule has 5 aromatic carbocycles. The van der Waals surface area contributed by atoms with Crippen LogP contribution in [-0.2, 0) is 0 Å². The summed E-state index contributed by atoms with van der Waals surface area (Å²) < 4.78 is 23.9. The average molecular weight is 646 g/mol. The summed E-state index contributed by atoms with van der Waals surface area (Å²) in [4.78, 5) is 8.83. The van der Waals surface area contributed by atoms with E-state index < -0.39 is 12.2 Å². The molecule has 0 saturated heterocycles. The Morgan fingerprint density at radius 2 is 1.00 bits per heavy atom. The highest BCUT2D eigenvalue weighted by atomic mass is 16.5. The standard InChI is InChI=1S/C39H39N3O6/c1-45-34-16-6-7-17-35(34)46-21-20-42(22-26(43)24-47-36-18-8-14-32-38(36)28-10-2-4-12-30(28)40-32)23-27(44)25-48-37-19-9-15-33-39(37)29-11-3-5-13-31(29)41-33/h2-19,26-27,40-41,43-44H,20-25H2,1H3/t26-,27-/m0/s1. The molecular weight excluding hydrogens is 606 g/mol. The molecule has 0 aliphatic heterocycles. The quantitative estimate of drug-likeness (QED) is 0.100. The van der Waals surface area contributed by atoms with Crippen molar-refractivity contribution in [2.75, 3.05) is 46.6 Å². The van der Waals surface area contributed by atoms with E-state index in [0.29, 0.717) is 36.1 Å². The van der Waals surface area contributed by atoms with Crippen LogP contribution >= 0.6 is 0 Å². The van der Waals surface area contributed by atoms with E-state index in [1.165, 1.54) is 0 Å². The lowest BCUT2D eigenvalue weighted by Crippen LogP contribution is -2.43. The molecule has 0 aliphatic carbocycles.